The van der Waals surface area contributed by atoms with E-state index >= 15 is 0 Å². The number of hydrogen-bond acceptors (Lipinski definition) is 3. The predicted octanol–water partition coefficient (Wildman–Crippen LogP) is 4.04. The summed E-state index contributed by atoms with van der Waals surface area (Å²) in [7, 11) is 1.65. The summed E-state index contributed by atoms with van der Waals surface area (Å²) in [5.41, 5.74) is 8.06. The van der Waals surface area contributed by atoms with Crippen LogP contribution in [0.1, 0.15) is 19.2 Å². The van der Waals surface area contributed by atoms with Crippen LogP contribution in [-0.2, 0) is 13.0 Å². The number of hydrogen-bond donors (Lipinski definition) is 1. The van der Waals surface area contributed by atoms with Crippen molar-refractivity contribution in [3.63, 3.8) is 0 Å². The number of nitrogens with zero attached hydrogens (tertiary/aromatic N) is 2. The van der Waals surface area contributed by atoms with Crippen LogP contribution in [0, 0.1) is 0 Å². The van der Waals surface area contributed by atoms with Gasteiger partial charge in [0, 0.05) is 18.5 Å². The van der Waals surface area contributed by atoms with Crippen LogP contribution in [0.2, 0.25) is 0 Å². The first-order chi connectivity index (χ1) is 10.1. The number of halogens is 1. The predicted molar refractivity (Wildman–Crippen MR) is 90.5 cm³/mol. The number of aromatic nitrogens is 2. The third kappa shape index (κ3) is 3.13. The highest BCUT2D eigenvalue weighted by Gasteiger charge is 2.16. The number of benzene rings is 1. The van der Waals surface area contributed by atoms with Crippen LogP contribution in [0.4, 0.5) is 5.82 Å². The minimum atomic E-state index is 0.672. The van der Waals surface area contributed by atoms with Gasteiger partial charge in [-0.15, -0.1) is 6.58 Å². The summed E-state index contributed by atoms with van der Waals surface area (Å²) in [5.74, 6) is 2.46. The summed E-state index contributed by atoms with van der Waals surface area (Å²) in [6.45, 7) is 6.59. The molecule has 2 aromatic rings. The third-order valence-electron chi connectivity index (χ3n) is 3.30. The number of anilines is 1. The van der Waals surface area contributed by atoms with E-state index in [9.17, 15) is 0 Å². The van der Waals surface area contributed by atoms with Gasteiger partial charge >= 0.3 is 0 Å². The molecule has 1 aromatic heterocycles. The second kappa shape index (κ2) is 6.80. The molecule has 0 radical (unpaired) electrons. The second-order valence-electron chi connectivity index (χ2n) is 4.76. The monoisotopic (exact) mass is 349 g/mol. The van der Waals surface area contributed by atoms with Crippen LogP contribution in [0.5, 0.6) is 5.75 Å². The molecule has 0 saturated heterocycles. The van der Waals surface area contributed by atoms with Crippen molar-refractivity contribution in [3.05, 3.63) is 41.2 Å². The third-order valence-corrected chi connectivity index (χ3v) is 3.92. The summed E-state index contributed by atoms with van der Waals surface area (Å²) in [5, 5.41) is 0. The molecule has 0 atom stereocenters. The van der Waals surface area contributed by atoms with E-state index in [1.165, 1.54) is 0 Å². The van der Waals surface area contributed by atoms with Crippen molar-refractivity contribution in [2.45, 2.75) is 26.3 Å². The Morgan fingerprint density at radius 2 is 2.24 bits per heavy atom. The molecule has 0 amide bonds. The topological polar surface area (TPSA) is 53.1 Å². The summed E-state index contributed by atoms with van der Waals surface area (Å²) in [6, 6.07) is 5.85. The zero-order valence-corrected chi connectivity index (χ0v) is 14.0. The molecule has 2 N–H and O–H groups in total. The molecule has 1 aromatic carbocycles. The molecule has 4 nitrogen and oxygen atoms in total. The summed E-state index contributed by atoms with van der Waals surface area (Å²) in [4.78, 5) is 4.71. The van der Waals surface area contributed by atoms with E-state index in [1.807, 2.05) is 28.8 Å². The molecule has 0 bridgehead atoms. The number of nitrogens with two attached hydrogens (primary N) is 1. The normalized spacial score (nSPS) is 10.6. The zero-order chi connectivity index (χ0) is 15.4. The van der Waals surface area contributed by atoms with Gasteiger partial charge in [-0.25, -0.2) is 4.98 Å². The van der Waals surface area contributed by atoms with E-state index in [0.29, 0.717) is 12.4 Å². The molecule has 0 fully saturated rings. The highest BCUT2D eigenvalue weighted by molar-refractivity contribution is 9.10. The Balaban J connectivity index is 2.50. The van der Waals surface area contributed by atoms with E-state index in [0.717, 1.165) is 40.1 Å². The van der Waals surface area contributed by atoms with Gasteiger partial charge in [0.25, 0.3) is 0 Å². The molecular formula is C16H20BrN3O. The fraction of sp³-hybridized carbons (Fsp3) is 0.312. The SMILES string of the molecule is C=CCn1c(CCC)nc(-c2ccc(OC)c(Br)c2)c1N. The lowest BCUT2D eigenvalue weighted by Crippen LogP contribution is -2.05. The van der Waals surface area contributed by atoms with Gasteiger partial charge in [-0.2, -0.15) is 0 Å². The highest BCUT2D eigenvalue weighted by Crippen LogP contribution is 2.33. The molecule has 0 saturated carbocycles. The number of allylic oxidation sites excluding steroid dienone is 1. The van der Waals surface area contributed by atoms with E-state index in [1.54, 1.807) is 7.11 Å². The maximum atomic E-state index is 6.28. The molecule has 112 valence electrons. The number of nitrogen functional groups attached to an aromatic ring is 1. The molecule has 0 aliphatic rings. The molecule has 1 heterocycles. The molecule has 0 aliphatic carbocycles. The highest BCUT2D eigenvalue weighted by atomic mass is 79.9. The van der Waals surface area contributed by atoms with Crippen LogP contribution in [0.15, 0.2) is 35.3 Å². The second-order valence-corrected chi connectivity index (χ2v) is 5.61. The lowest BCUT2D eigenvalue weighted by Gasteiger charge is -2.07. The Morgan fingerprint density at radius 1 is 1.48 bits per heavy atom. The first-order valence-corrected chi connectivity index (χ1v) is 7.71. The lowest BCUT2D eigenvalue weighted by molar-refractivity contribution is 0.412. The van der Waals surface area contributed by atoms with Crippen molar-refractivity contribution in [3.8, 4) is 17.0 Å². The standard InChI is InChI=1S/C16H20BrN3O/c1-4-6-14-19-15(16(18)20(14)9-5-2)11-7-8-13(21-3)12(17)10-11/h5,7-8,10H,2,4,6,9,18H2,1,3H3. The Labute approximate surface area is 133 Å². The van der Waals surface area contributed by atoms with Gasteiger partial charge in [0.05, 0.1) is 11.6 Å². The maximum Gasteiger partial charge on any atom is 0.133 e. The number of aryl methyl sites for hydroxylation is 1. The van der Waals surface area contributed by atoms with Crippen LogP contribution >= 0.6 is 15.9 Å². The number of imidazole rings is 1. The Kier molecular flexibility index (Phi) is 5.07. The van der Waals surface area contributed by atoms with Crippen molar-refractivity contribution >= 4 is 21.7 Å². The van der Waals surface area contributed by atoms with E-state index in [-0.39, 0.29) is 0 Å². The summed E-state index contributed by atoms with van der Waals surface area (Å²) in [6.07, 6.45) is 3.76. The molecule has 21 heavy (non-hydrogen) atoms. The van der Waals surface area contributed by atoms with Crippen molar-refractivity contribution in [2.75, 3.05) is 12.8 Å². The van der Waals surface area contributed by atoms with Gasteiger partial charge in [0.15, 0.2) is 0 Å². The van der Waals surface area contributed by atoms with E-state index < -0.39 is 0 Å². The largest absolute Gasteiger partial charge is 0.496 e. The molecule has 2 rings (SSSR count). The van der Waals surface area contributed by atoms with Crippen LogP contribution in [0.3, 0.4) is 0 Å². The van der Waals surface area contributed by atoms with E-state index in [4.69, 9.17) is 15.5 Å². The number of rotatable bonds is 6. The first kappa shape index (κ1) is 15.6. The maximum absolute atomic E-state index is 6.28. The van der Waals surface area contributed by atoms with Crippen molar-refractivity contribution in [1.29, 1.82) is 0 Å². The van der Waals surface area contributed by atoms with Gasteiger partial charge in [-0.05, 0) is 40.5 Å². The minimum Gasteiger partial charge on any atom is -0.496 e. The number of methoxy groups -OCH3 is 1. The Hall–Kier alpha value is -1.75. The van der Waals surface area contributed by atoms with Crippen LogP contribution in [-0.4, -0.2) is 16.7 Å². The van der Waals surface area contributed by atoms with Crippen molar-refractivity contribution in [1.82, 2.24) is 9.55 Å². The molecule has 0 aliphatic heterocycles. The van der Waals surface area contributed by atoms with Crippen LogP contribution in [0.25, 0.3) is 11.3 Å². The van der Waals surface area contributed by atoms with Gasteiger partial charge < -0.3 is 15.0 Å². The quantitative estimate of drug-likeness (QED) is 0.800. The van der Waals surface area contributed by atoms with Crippen molar-refractivity contribution in [2.24, 2.45) is 0 Å². The zero-order valence-electron chi connectivity index (χ0n) is 12.4. The van der Waals surface area contributed by atoms with Gasteiger partial charge in [0.1, 0.15) is 23.1 Å². The summed E-state index contributed by atoms with van der Waals surface area (Å²) >= 11 is 3.50. The smallest absolute Gasteiger partial charge is 0.133 e. The Morgan fingerprint density at radius 3 is 2.81 bits per heavy atom. The Bertz CT molecular complexity index is 649. The average Bonchev–Trinajstić information content (AvgIpc) is 2.77. The lowest BCUT2D eigenvalue weighted by atomic mass is 10.1. The first-order valence-electron chi connectivity index (χ1n) is 6.92. The number of ether oxygens (including phenoxy) is 1. The average molecular weight is 350 g/mol. The fourth-order valence-corrected chi connectivity index (χ4v) is 2.83. The summed E-state index contributed by atoms with van der Waals surface area (Å²) < 4.78 is 8.16. The van der Waals surface area contributed by atoms with Gasteiger partial charge in [-0.3, -0.25) is 0 Å². The van der Waals surface area contributed by atoms with Crippen LogP contribution < -0.4 is 10.5 Å². The van der Waals surface area contributed by atoms with Crippen molar-refractivity contribution < 1.29 is 4.74 Å². The molecule has 0 unspecified atom stereocenters. The van der Waals surface area contributed by atoms with Gasteiger partial charge in [-0.1, -0.05) is 13.0 Å². The fourth-order valence-electron chi connectivity index (χ4n) is 2.29. The minimum absolute atomic E-state index is 0.672. The molecular weight excluding hydrogens is 330 g/mol. The molecule has 5 heteroatoms. The van der Waals surface area contributed by atoms with Gasteiger partial charge in [0.2, 0.25) is 0 Å². The molecule has 0 spiro atoms. The van der Waals surface area contributed by atoms with E-state index in [2.05, 4.69) is 29.4 Å².